The molecule has 2 rings (SSSR count). The second-order valence-corrected chi connectivity index (χ2v) is 5.91. The van der Waals surface area contributed by atoms with Crippen molar-refractivity contribution in [3.8, 4) is 0 Å². The van der Waals surface area contributed by atoms with Crippen LogP contribution in [-0.4, -0.2) is 29.2 Å². The van der Waals surface area contributed by atoms with Crippen molar-refractivity contribution in [1.29, 1.82) is 0 Å². The number of hydrogen-bond acceptors (Lipinski definition) is 3. The second kappa shape index (κ2) is 3.81. The number of hydrogen-bond donors (Lipinski definition) is 0. The Morgan fingerprint density at radius 2 is 1.75 bits per heavy atom. The summed E-state index contributed by atoms with van der Waals surface area (Å²) in [4.78, 5) is 10.9. The maximum atomic E-state index is 10.9. The fourth-order valence-corrected chi connectivity index (χ4v) is 2.37. The fourth-order valence-electron chi connectivity index (χ4n) is 2.37. The molecule has 0 bridgehead atoms. The molecule has 0 aromatic carbocycles. The van der Waals surface area contributed by atoms with Gasteiger partial charge in [0.2, 0.25) is 0 Å². The first-order valence-corrected chi connectivity index (χ1v) is 6.18. The van der Waals surface area contributed by atoms with Gasteiger partial charge in [0.25, 0.3) is 0 Å². The first kappa shape index (κ1) is 12.1. The van der Waals surface area contributed by atoms with Crippen LogP contribution in [0, 0.1) is 0 Å². The highest BCUT2D eigenvalue weighted by Gasteiger charge is 2.54. The van der Waals surface area contributed by atoms with Crippen molar-refractivity contribution in [1.82, 2.24) is 0 Å². The summed E-state index contributed by atoms with van der Waals surface area (Å²) in [7, 11) is 0. The Hall–Kier alpha value is -0.410. The number of ether oxygens (including phenoxy) is 2. The zero-order chi connectivity index (χ0) is 12.0. The third-order valence-electron chi connectivity index (χ3n) is 3.86. The molecule has 2 saturated heterocycles. The highest BCUT2D eigenvalue weighted by atomic mass is 16.6. The molecule has 3 nitrogen and oxygen atoms in total. The summed E-state index contributed by atoms with van der Waals surface area (Å²) in [6, 6.07) is 0. The minimum Gasteiger partial charge on any atom is -0.367 e. The van der Waals surface area contributed by atoms with Crippen LogP contribution in [-0.2, 0) is 14.3 Å². The number of rotatable bonds is 6. The van der Waals surface area contributed by atoms with Gasteiger partial charge in [-0.05, 0) is 47.0 Å². The Bertz CT molecular complexity index is 298. The molecule has 3 heteroatoms. The van der Waals surface area contributed by atoms with Crippen LogP contribution in [0.3, 0.4) is 0 Å². The molecule has 2 aliphatic rings. The molecule has 16 heavy (non-hydrogen) atoms. The van der Waals surface area contributed by atoms with E-state index in [-0.39, 0.29) is 17.0 Å². The van der Waals surface area contributed by atoms with Crippen LogP contribution in [0.1, 0.15) is 53.4 Å². The van der Waals surface area contributed by atoms with Gasteiger partial charge < -0.3 is 14.3 Å². The van der Waals surface area contributed by atoms with Crippen molar-refractivity contribution >= 4 is 5.78 Å². The molecule has 0 radical (unpaired) electrons. The summed E-state index contributed by atoms with van der Waals surface area (Å²) in [5, 5.41) is 0. The first-order valence-electron chi connectivity index (χ1n) is 6.18. The standard InChI is InChI=1S/C13H22O3/c1-9(14)5-6-11-13(4,16-11)8-7-10-12(2,3)15-10/h10-11H,5-8H2,1-4H3/t10-,11+,13+/m1/s1. The Morgan fingerprint density at radius 3 is 2.25 bits per heavy atom. The van der Waals surface area contributed by atoms with Crippen molar-refractivity contribution in [2.75, 3.05) is 0 Å². The Morgan fingerprint density at radius 1 is 1.12 bits per heavy atom. The largest absolute Gasteiger partial charge is 0.367 e. The maximum Gasteiger partial charge on any atom is 0.129 e. The molecule has 0 amide bonds. The summed E-state index contributed by atoms with van der Waals surface area (Å²) in [5.74, 6) is 0.254. The van der Waals surface area contributed by atoms with E-state index < -0.39 is 0 Å². The zero-order valence-electron chi connectivity index (χ0n) is 10.7. The normalized spacial score (nSPS) is 39.5. The lowest BCUT2D eigenvalue weighted by atomic mass is 9.95. The fraction of sp³-hybridized carbons (Fsp3) is 0.923. The highest BCUT2D eigenvalue weighted by Crippen LogP contribution is 2.46. The molecular weight excluding hydrogens is 204 g/mol. The van der Waals surface area contributed by atoms with E-state index in [0.717, 1.165) is 19.3 Å². The first-order chi connectivity index (χ1) is 7.33. The lowest BCUT2D eigenvalue weighted by molar-refractivity contribution is -0.117. The monoisotopic (exact) mass is 226 g/mol. The average Bonchev–Trinajstić information content (AvgIpc) is 2.98. The van der Waals surface area contributed by atoms with Crippen LogP contribution in [0.15, 0.2) is 0 Å². The summed E-state index contributed by atoms with van der Waals surface area (Å²) >= 11 is 0. The number of Topliss-reactive ketones (excluding diaryl/α,β-unsaturated/α-hetero) is 1. The maximum absolute atomic E-state index is 10.9. The van der Waals surface area contributed by atoms with Gasteiger partial charge in [-0.15, -0.1) is 0 Å². The Labute approximate surface area is 97.5 Å². The van der Waals surface area contributed by atoms with Crippen LogP contribution in [0.4, 0.5) is 0 Å². The van der Waals surface area contributed by atoms with Gasteiger partial charge in [0.05, 0.1) is 23.4 Å². The van der Waals surface area contributed by atoms with E-state index in [1.165, 1.54) is 0 Å². The van der Waals surface area contributed by atoms with Gasteiger partial charge in [-0.25, -0.2) is 0 Å². The van der Waals surface area contributed by atoms with Crippen molar-refractivity contribution < 1.29 is 14.3 Å². The summed E-state index contributed by atoms with van der Waals surface area (Å²) in [5.41, 5.74) is 0.0949. The molecule has 0 saturated carbocycles. The molecule has 2 fully saturated rings. The minimum atomic E-state index is 0.0114. The van der Waals surface area contributed by atoms with Gasteiger partial charge in [0.1, 0.15) is 5.78 Å². The van der Waals surface area contributed by atoms with Gasteiger partial charge in [-0.3, -0.25) is 0 Å². The van der Waals surface area contributed by atoms with Gasteiger partial charge in [-0.2, -0.15) is 0 Å². The lowest BCUT2D eigenvalue weighted by Gasteiger charge is -2.04. The average molecular weight is 226 g/mol. The lowest BCUT2D eigenvalue weighted by Crippen LogP contribution is -2.13. The summed E-state index contributed by atoms with van der Waals surface area (Å²) in [6.07, 6.45) is 4.33. The van der Waals surface area contributed by atoms with E-state index in [4.69, 9.17) is 9.47 Å². The van der Waals surface area contributed by atoms with Gasteiger partial charge in [0, 0.05) is 6.42 Å². The Kier molecular flexibility index (Phi) is 2.87. The van der Waals surface area contributed by atoms with E-state index >= 15 is 0 Å². The van der Waals surface area contributed by atoms with Crippen LogP contribution in [0.5, 0.6) is 0 Å². The molecule has 0 aromatic heterocycles. The van der Waals surface area contributed by atoms with Crippen molar-refractivity contribution in [2.45, 2.75) is 76.8 Å². The van der Waals surface area contributed by atoms with E-state index in [0.29, 0.717) is 18.6 Å². The molecule has 92 valence electrons. The SMILES string of the molecule is CC(=O)CC[C@@H]1O[C@@]1(C)CC[C@H]1OC1(C)C. The number of carbonyl (C=O) groups excluding carboxylic acids is 1. The molecule has 3 atom stereocenters. The second-order valence-electron chi connectivity index (χ2n) is 5.91. The third-order valence-corrected chi connectivity index (χ3v) is 3.86. The topological polar surface area (TPSA) is 42.1 Å². The van der Waals surface area contributed by atoms with Gasteiger partial charge in [-0.1, -0.05) is 0 Å². The predicted octanol–water partition coefficient (Wildman–Crippen LogP) is 2.47. The van der Waals surface area contributed by atoms with E-state index in [1.54, 1.807) is 6.92 Å². The quantitative estimate of drug-likeness (QED) is 0.653. The minimum absolute atomic E-state index is 0.0114. The molecule has 0 N–H and O–H groups in total. The van der Waals surface area contributed by atoms with Gasteiger partial charge in [0.15, 0.2) is 0 Å². The van der Waals surface area contributed by atoms with E-state index in [1.807, 2.05) is 0 Å². The van der Waals surface area contributed by atoms with Crippen molar-refractivity contribution in [2.24, 2.45) is 0 Å². The number of epoxide rings is 2. The molecular formula is C13H22O3. The van der Waals surface area contributed by atoms with Gasteiger partial charge >= 0.3 is 0 Å². The molecule has 0 aromatic rings. The highest BCUT2D eigenvalue weighted by molar-refractivity contribution is 5.75. The zero-order valence-corrected chi connectivity index (χ0v) is 10.7. The van der Waals surface area contributed by atoms with Crippen molar-refractivity contribution in [3.63, 3.8) is 0 Å². The van der Waals surface area contributed by atoms with Crippen molar-refractivity contribution in [3.05, 3.63) is 0 Å². The molecule has 2 aliphatic heterocycles. The number of ketones is 1. The predicted molar refractivity (Wildman–Crippen MR) is 61.4 cm³/mol. The Balaban J connectivity index is 1.65. The van der Waals surface area contributed by atoms with Crippen LogP contribution >= 0.6 is 0 Å². The van der Waals surface area contributed by atoms with Crippen LogP contribution in [0.25, 0.3) is 0 Å². The smallest absolute Gasteiger partial charge is 0.129 e. The molecule has 0 unspecified atom stereocenters. The van der Waals surface area contributed by atoms with E-state index in [2.05, 4.69) is 20.8 Å². The molecule has 0 aliphatic carbocycles. The van der Waals surface area contributed by atoms with Crippen LogP contribution in [0.2, 0.25) is 0 Å². The number of carbonyl (C=O) groups is 1. The molecule has 2 heterocycles. The third kappa shape index (κ3) is 2.64. The molecule has 0 spiro atoms. The van der Waals surface area contributed by atoms with E-state index in [9.17, 15) is 4.79 Å². The summed E-state index contributed by atoms with van der Waals surface area (Å²) in [6.45, 7) is 8.04. The summed E-state index contributed by atoms with van der Waals surface area (Å²) < 4.78 is 11.2. The van der Waals surface area contributed by atoms with Crippen LogP contribution < -0.4 is 0 Å².